The minimum absolute atomic E-state index is 0.0613. The van der Waals surface area contributed by atoms with Crippen LogP contribution in [0.15, 0.2) is 0 Å². The molecule has 0 saturated carbocycles. The lowest BCUT2D eigenvalue weighted by atomic mass is 10.1. The zero-order chi connectivity index (χ0) is 11.6. The molecule has 3 saturated heterocycles. The lowest BCUT2D eigenvalue weighted by Gasteiger charge is -2.30. The molecule has 3 aliphatic rings. The van der Waals surface area contributed by atoms with Crippen LogP contribution in [0, 0.1) is 0 Å². The highest BCUT2D eigenvalue weighted by molar-refractivity contribution is 4.95. The Kier molecular flexibility index (Phi) is 2.17. The third-order valence-electron chi connectivity index (χ3n) is 3.06. The van der Waals surface area contributed by atoms with Crippen molar-refractivity contribution in [2.75, 3.05) is 6.61 Å². The Hall–Kier alpha value is -0.200. The van der Waals surface area contributed by atoms with Crippen LogP contribution in [0.2, 0.25) is 0 Å². The van der Waals surface area contributed by atoms with E-state index in [2.05, 4.69) is 0 Å². The van der Waals surface area contributed by atoms with Crippen molar-refractivity contribution in [3.63, 3.8) is 0 Å². The van der Waals surface area contributed by atoms with Crippen molar-refractivity contribution in [1.82, 2.24) is 0 Å². The van der Waals surface area contributed by atoms with E-state index in [1.165, 1.54) is 0 Å². The topological polar surface area (TPSA) is 46.2 Å². The molecule has 16 heavy (non-hydrogen) atoms. The van der Waals surface area contributed by atoms with Crippen molar-refractivity contribution in [3.8, 4) is 0 Å². The summed E-state index contributed by atoms with van der Waals surface area (Å²) >= 11 is 0. The third-order valence-corrected chi connectivity index (χ3v) is 3.06. The fourth-order valence-electron chi connectivity index (χ4n) is 2.57. The second kappa shape index (κ2) is 3.17. The van der Waals surface area contributed by atoms with Gasteiger partial charge in [-0.25, -0.2) is 0 Å². The van der Waals surface area contributed by atoms with Gasteiger partial charge >= 0.3 is 0 Å². The van der Waals surface area contributed by atoms with Gasteiger partial charge in [0, 0.05) is 0 Å². The van der Waals surface area contributed by atoms with Crippen molar-refractivity contribution >= 4 is 0 Å². The van der Waals surface area contributed by atoms with Gasteiger partial charge < -0.3 is 23.7 Å². The highest BCUT2D eigenvalue weighted by Gasteiger charge is 2.57. The summed E-state index contributed by atoms with van der Waals surface area (Å²) in [6.07, 6.45) is -0.700. The average Bonchev–Trinajstić information content (AvgIpc) is 2.58. The van der Waals surface area contributed by atoms with Crippen molar-refractivity contribution in [1.29, 1.82) is 0 Å². The largest absolute Gasteiger partial charge is 0.347 e. The molecule has 0 spiro atoms. The van der Waals surface area contributed by atoms with Crippen LogP contribution in [-0.2, 0) is 23.7 Å². The van der Waals surface area contributed by atoms with E-state index >= 15 is 0 Å². The number of fused-ring (bicyclic) bond motifs is 3. The SMILES string of the molecule is CC1(C)O[C@H]2OC[C@@H]3OC(C)(C)O[C@@H]3[C@H]2O1. The fourth-order valence-corrected chi connectivity index (χ4v) is 2.57. The van der Waals surface area contributed by atoms with E-state index < -0.39 is 11.6 Å². The highest BCUT2D eigenvalue weighted by atomic mass is 16.8. The first-order valence-electron chi connectivity index (χ1n) is 5.69. The Morgan fingerprint density at radius 3 is 2.19 bits per heavy atom. The molecule has 0 aromatic rings. The van der Waals surface area contributed by atoms with Gasteiger partial charge in [-0.15, -0.1) is 0 Å². The number of ether oxygens (including phenoxy) is 5. The molecule has 4 atom stereocenters. The monoisotopic (exact) mass is 230 g/mol. The Balaban J connectivity index is 1.81. The lowest BCUT2D eigenvalue weighted by Crippen LogP contribution is -2.50. The minimum Gasteiger partial charge on any atom is -0.347 e. The quantitative estimate of drug-likeness (QED) is 0.621. The molecule has 3 rings (SSSR count). The van der Waals surface area contributed by atoms with E-state index in [0.29, 0.717) is 6.61 Å². The summed E-state index contributed by atoms with van der Waals surface area (Å²) in [6.45, 7) is 8.06. The van der Waals surface area contributed by atoms with Crippen LogP contribution in [0.1, 0.15) is 27.7 Å². The van der Waals surface area contributed by atoms with E-state index in [4.69, 9.17) is 23.7 Å². The first kappa shape index (κ1) is 10.9. The Morgan fingerprint density at radius 2 is 1.44 bits per heavy atom. The van der Waals surface area contributed by atoms with E-state index in [1.807, 2.05) is 27.7 Å². The predicted octanol–water partition coefficient (Wildman–Crippen LogP) is 1.01. The van der Waals surface area contributed by atoms with Crippen LogP contribution in [-0.4, -0.2) is 42.8 Å². The molecule has 0 aromatic carbocycles. The molecular formula is C11H18O5. The molecule has 0 N–H and O–H groups in total. The third kappa shape index (κ3) is 1.67. The maximum absolute atomic E-state index is 5.85. The van der Waals surface area contributed by atoms with Crippen LogP contribution in [0.25, 0.3) is 0 Å². The van der Waals surface area contributed by atoms with Gasteiger partial charge in [-0.3, -0.25) is 0 Å². The van der Waals surface area contributed by atoms with Crippen LogP contribution >= 0.6 is 0 Å². The van der Waals surface area contributed by atoms with Crippen molar-refractivity contribution in [3.05, 3.63) is 0 Å². The lowest BCUT2D eigenvalue weighted by molar-refractivity contribution is -0.205. The van der Waals surface area contributed by atoms with E-state index in [1.54, 1.807) is 0 Å². The van der Waals surface area contributed by atoms with Crippen molar-refractivity contribution < 1.29 is 23.7 Å². The van der Waals surface area contributed by atoms with Gasteiger partial charge in [0.25, 0.3) is 0 Å². The van der Waals surface area contributed by atoms with Gasteiger partial charge in [0.2, 0.25) is 0 Å². The van der Waals surface area contributed by atoms with Gasteiger partial charge in [-0.1, -0.05) is 0 Å². The molecule has 3 fully saturated rings. The molecule has 3 heterocycles. The summed E-state index contributed by atoms with van der Waals surface area (Å²) in [5.74, 6) is -1.18. The van der Waals surface area contributed by atoms with Gasteiger partial charge in [0.15, 0.2) is 17.9 Å². The fraction of sp³-hybridized carbons (Fsp3) is 1.00. The summed E-state index contributed by atoms with van der Waals surface area (Å²) < 4.78 is 28.6. The first-order valence-corrected chi connectivity index (χ1v) is 5.69. The summed E-state index contributed by atoms with van der Waals surface area (Å²) in [5.41, 5.74) is 0. The molecule has 5 heteroatoms. The zero-order valence-electron chi connectivity index (χ0n) is 10.1. The van der Waals surface area contributed by atoms with Crippen LogP contribution < -0.4 is 0 Å². The Morgan fingerprint density at radius 1 is 0.812 bits per heavy atom. The summed E-state index contributed by atoms with van der Waals surface area (Å²) in [6, 6.07) is 0. The average molecular weight is 230 g/mol. The summed E-state index contributed by atoms with van der Waals surface area (Å²) in [5, 5.41) is 0. The van der Waals surface area contributed by atoms with Gasteiger partial charge in [0.05, 0.1) is 6.61 Å². The van der Waals surface area contributed by atoms with E-state index in [9.17, 15) is 0 Å². The second-order valence-corrected chi connectivity index (χ2v) is 5.44. The molecule has 0 radical (unpaired) electrons. The summed E-state index contributed by atoms with van der Waals surface area (Å²) in [7, 11) is 0. The van der Waals surface area contributed by atoms with E-state index in [0.717, 1.165) is 0 Å². The minimum atomic E-state index is -0.611. The molecule has 3 aliphatic heterocycles. The smallest absolute Gasteiger partial charge is 0.189 e. The molecule has 0 unspecified atom stereocenters. The van der Waals surface area contributed by atoms with Crippen LogP contribution in [0.5, 0.6) is 0 Å². The van der Waals surface area contributed by atoms with Crippen LogP contribution in [0.3, 0.4) is 0 Å². The number of hydrogen-bond acceptors (Lipinski definition) is 5. The normalized spacial score (nSPS) is 48.8. The zero-order valence-corrected chi connectivity index (χ0v) is 10.1. The molecule has 0 aromatic heterocycles. The van der Waals surface area contributed by atoms with E-state index in [-0.39, 0.29) is 24.6 Å². The predicted molar refractivity (Wildman–Crippen MR) is 53.6 cm³/mol. The Bertz CT molecular complexity index is 271. The second-order valence-electron chi connectivity index (χ2n) is 5.44. The number of hydrogen-bond donors (Lipinski definition) is 0. The molecule has 0 bridgehead atoms. The molecule has 5 nitrogen and oxygen atoms in total. The maximum atomic E-state index is 5.85. The van der Waals surface area contributed by atoms with Crippen LogP contribution in [0.4, 0.5) is 0 Å². The highest BCUT2D eigenvalue weighted by Crippen LogP contribution is 2.41. The summed E-state index contributed by atoms with van der Waals surface area (Å²) in [4.78, 5) is 0. The molecule has 0 aliphatic carbocycles. The Labute approximate surface area is 94.9 Å². The maximum Gasteiger partial charge on any atom is 0.189 e. The molecular weight excluding hydrogens is 212 g/mol. The van der Waals surface area contributed by atoms with Gasteiger partial charge in [-0.2, -0.15) is 0 Å². The van der Waals surface area contributed by atoms with Gasteiger partial charge in [-0.05, 0) is 27.7 Å². The van der Waals surface area contributed by atoms with Crippen molar-refractivity contribution in [2.45, 2.75) is 63.9 Å². The molecule has 0 amide bonds. The molecule has 92 valence electrons. The van der Waals surface area contributed by atoms with Gasteiger partial charge in [0.1, 0.15) is 18.3 Å². The van der Waals surface area contributed by atoms with Crippen molar-refractivity contribution in [2.24, 2.45) is 0 Å². The first-order chi connectivity index (χ1) is 7.36. The standard InChI is InChI=1S/C11H18O5/c1-10(2)13-6-5-12-9-8(7(6)14-10)15-11(3,4)16-9/h6-9H,5H2,1-4H3/t6-,7-,8+,9+/m0/s1. The number of rotatable bonds is 0.